The van der Waals surface area contributed by atoms with Crippen LogP contribution in [0.4, 0.5) is 0 Å². The highest BCUT2D eigenvalue weighted by molar-refractivity contribution is 5.95. The molecule has 0 bridgehead atoms. The SMILES string of the molecule is NC(=O)CCC(NC(=O)C(CO)NC(=O)C(N)Cc1cnc[nH]1)C(=O)NC(CC(N)=O)C(=O)O. The van der Waals surface area contributed by atoms with E-state index < -0.39 is 72.7 Å². The Hall–Kier alpha value is -4.05. The Morgan fingerprint density at radius 1 is 0.941 bits per heavy atom. The molecule has 0 aromatic carbocycles. The minimum Gasteiger partial charge on any atom is -0.480 e. The van der Waals surface area contributed by atoms with Gasteiger partial charge in [0, 0.05) is 24.7 Å². The van der Waals surface area contributed by atoms with Crippen LogP contribution in [0.25, 0.3) is 0 Å². The molecule has 0 aliphatic rings. The number of primary amides is 2. The fourth-order valence-electron chi connectivity index (χ4n) is 2.70. The van der Waals surface area contributed by atoms with Crippen LogP contribution in [0.2, 0.25) is 0 Å². The number of carboxylic acids is 1. The number of aliphatic carboxylic acids is 1. The summed E-state index contributed by atoms with van der Waals surface area (Å²) in [7, 11) is 0. The van der Waals surface area contributed by atoms with Gasteiger partial charge in [-0.25, -0.2) is 9.78 Å². The largest absolute Gasteiger partial charge is 0.480 e. The zero-order valence-electron chi connectivity index (χ0n) is 18.0. The van der Waals surface area contributed by atoms with E-state index >= 15 is 0 Å². The Balaban J connectivity index is 2.86. The van der Waals surface area contributed by atoms with E-state index in [1.807, 2.05) is 5.32 Å². The Kier molecular flexibility index (Phi) is 11.1. The number of aromatic amines is 1. The van der Waals surface area contributed by atoms with Crippen molar-refractivity contribution in [2.75, 3.05) is 6.61 Å². The molecule has 0 saturated carbocycles. The molecule has 34 heavy (non-hydrogen) atoms. The summed E-state index contributed by atoms with van der Waals surface area (Å²) in [4.78, 5) is 77.4. The zero-order chi connectivity index (χ0) is 25.8. The summed E-state index contributed by atoms with van der Waals surface area (Å²) in [6, 6.07) is -5.79. The predicted molar refractivity (Wildman–Crippen MR) is 113 cm³/mol. The fourth-order valence-corrected chi connectivity index (χ4v) is 2.70. The van der Waals surface area contributed by atoms with E-state index in [-0.39, 0.29) is 19.3 Å². The molecule has 4 unspecified atom stereocenters. The van der Waals surface area contributed by atoms with Crippen molar-refractivity contribution in [2.24, 2.45) is 17.2 Å². The number of hydrogen-bond acceptors (Lipinski definition) is 9. The molecule has 1 rings (SSSR count). The summed E-state index contributed by atoms with van der Waals surface area (Å²) in [5.41, 5.74) is 16.4. The number of imidazole rings is 1. The van der Waals surface area contributed by atoms with Gasteiger partial charge in [-0.1, -0.05) is 0 Å². The molecule has 1 aromatic heterocycles. The zero-order valence-corrected chi connectivity index (χ0v) is 18.0. The van der Waals surface area contributed by atoms with Crippen LogP contribution in [0, 0.1) is 0 Å². The second-order valence-corrected chi connectivity index (χ2v) is 7.27. The summed E-state index contributed by atoms with van der Waals surface area (Å²) in [5, 5.41) is 25.2. The van der Waals surface area contributed by atoms with Gasteiger partial charge in [-0.3, -0.25) is 24.0 Å². The van der Waals surface area contributed by atoms with Crippen molar-refractivity contribution in [1.82, 2.24) is 25.9 Å². The van der Waals surface area contributed by atoms with Crippen molar-refractivity contribution in [3.63, 3.8) is 0 Å². The Labute approximate surface area is 193 Å². The predicted octanol–water partition coefficient (Wildman–Crippen LogP) is -5.05. The number of hydrogen-bond donors (Lipinski definition) is 9. The first-order valence-electron chi connectivity index (χ1n) is 9.98. The average Bonchev–Trinajstić information content (AvgIpc) is 3.26. The smallest absolute Gasteiger partial charge is 0.326 e. The van der Waals surface area contributed by atoms with Gasteiger partial charge < -0.3 is 48.3 Å². The van der Waals surface area contributed by atoms with E-state index in [4.69, 9.17) is 22.3 Å². The van der Waals surface area contributed by atoms with Crippen LogP contribution in [-0.4, -0.2) is 86.5 Å². The number of nitrogens with one attached hydrogen (secondary N) is 4. The van der Waals surface area contributed by atoms with Crippen LogP contribution >= 0.6 is 0 Å². The van der Waals surface area contributed by atoms with Gasteiger partial charge in [-0.05, 0) is 6.42 Å². The molecule has 12 N–H and O–H groups in total. The number of amides is 5. The van der Waals surface area contributed by atoms with E-state index in [1.165, 1.54) is 12.5 Å². The molecule has 16 nitrogen and oxygen atoms in total. The van der Waals surface area contributed by atoms with Gasteiger partial charge in [0.25, 0.3) is 0 Å². The molecule has 0 aliphatic heterocycles. The molecule has 0 radical (unpaired) electrons. The first kappa shape index (κ1) is 28.0. The van der Waals surface area contributed by atoms with Gasteiger partial charge in [0.2, 0.25) is 29.5 Å². The molecule has 4 atom stereocenters. The minimum atomic E-state index is -1.69. The number of aromatic nitrogens is 2. The van der Waals surface area contributed by atoms with E-state index in [0.717, 1.165) is 0 Å². The molecule has 5 amide bonds. The number of nitrogens with two attached hydrogens (primary N) is 3. The maximum atomic E-state index is 12.6. The second kappa shape index (κ2) is 13.5. The molecule has 16 heteroatoms. The van der Waals surface area contributed by atoms with Gasteiger partial charge >= 0.3 is 5.97 Å². The topological polar surface area (TPSA) is 286 Å². The quantitative estimate of drug-likeness (QED) is 0.114. The molecule has 0 aliphatic carbocycles. The summed E-state index contributed by atoms with van der Waals surface area (Å²) >= 11 is 0. The van der Waals surface area contributed by atoms with Gasteiger partial charge in [-0.2, -0.15) is 0 Å². The van der Waals surface area contributed by atoms with Crippen LogP contribution < -0.4 is 33.2 Å². The van der Waals surface area contributed by atoms with Crippen molar-refractivity contribution in [3.8, 4) is 0 Å². The number of rotatable bonds is 15. The molecule has 1 heterocycles. The standard InChI is InChI=1S/C18H28N8O8/c19-9(3-8-5-22-7-23-8)15(30)26-12(6-27)17(32)24-10(1-2-13(20)28)16(31)25-11(18(33)34)4-14(21)29/h5,7,9-12,27H,1-4,6,19H2,(H2,20,28)(H2,21,29)(H,22,23)(H,24,32)(H,25,31)(H,26,30)(H,33,34). The highest BCUT2D eigenvalue weighted by Crippen LogP contribution is 2.02. The molecule has 188 valence electrons. The number of H-pyrrole nitrogens is 1. The fraction of sp³-hybridized carbons (Fsp3) is 0.500. The molecular weight excluding hydrogens is 456 g/mol. The normalized spacial score (nSPS) is 14.2. The van der Waals surface area contributed by atoms with Gasteiger partial charge in [-0.15, -0.1) is 0 Å². The number of carboxylic acid groups (broad SMARTS) is 1. The number of nitrogens with zero attached hydrogens (tertiary/aromatic N) is 1. The van der Waals surface area contributed by atoms with Crippen molar-refractivity contribution < 1.29 is 39.0 Å². The maximum absolute atomic E-state index is 12.6. The molecular formula is C18H28N8O8. The highest BCUT2D eigenvalue weighted by Gasteiger charge is 2.31. The third-order valence-corrected chi connectivity index (χ3v) is 4.48. The summed E-state index contributed by atoms with van der Waals surface area (Å²) < 4.78 is 0. The Bertz CT molecular complexity index is 891. The third kappa shape index (κ3) is 9.61. The van der Waals surface area contributed by atoms with Gasteiger partial charge in [0.15, 0.2) is 0 Å². The van der Waals surface area contributed by atoms with Crippen LogP contribution in [0.15, 0.2) is 12.5 Å². The summed E-state index contributed by atoms with van der Waals surface area (Å²) in [5.74, 6) is -6.22. The monoisotopic (exact) mass is 484 g/mol. The van der Waals surface area contributed by atoms with Crippen molar-refractivity contribution in [1.29, 1.82) is 0 Å². The van der Waals surface area contributed by atoms with E-state index in [2.05, 4.69) is 20.6 Å². The molecule has 0 saturated heterocycles. The Morgan fingerprint density at radius 3 is 2.03 bits per heavy atom. The van der Waals surface area contributed by atoms with Gasteiger partial charge in [0.1, 0.15) is 18.1 Å². The Morgan fingerprint density at radius 2 is 1.53 bits per heavy atom. The maximum Gasteiger partial charge on any atom is 0.326 e. The van der Waals surface area contributed by atoms with Crippen LogP contribution in [-0.2, 0) is 35.2 Å². The van der Waals surface area contributed by atoms with Crippen molar-refractivity contribution >= 4 is 35.5 Å². The summed E-state index contributed by atoms with van der Waals surface area (Å²) in [6.07, 6.45) is 1.48. The lowest BCUT2D eigenvalue weighted by Crippen LogP contribution is -2.58. The third-order valence-electron chi connectivity index (χ3n) is 4.48. The average molecular weight is 484 g/mol. The number of carbonyl (C=O) groups excluding carboxylic acids is 5. The van der Waals surface area contributed by atoms with Crippen molar-refractivity contribution in [2.45, 2.75) is 49.9 Å². The first-order chi connectivity index (χ1) is 15.9. The lowest BCUT2D eigenvalue weighted by atomic mass is 10.1. The van der Waals surface area contributed by atoms with Gasteiger partial charge in [0.05, 0.1) is 25.4 Å². The second-order valence-electron chi connectivity index (χ2n) is 7.27. The number of aliphatic hydroxyl groups is 1. The lowest BCUT2D eigenvalue weighted by Gasteiger charge is -2.24. The molecule has 0 fully saturated rings. The van der Waals surface area contributed by atoms with Crippen LogP contribution in [0.1, 0.15) is 25.0 Å². The van der Waals surface area contributed by atoms with Crippen LogP contribution in [0.3, 0.4) is 0 Å². The number of carbonyl (C=O) groups is 6. The lowest BCUT2D eigenvalue weighted by molar-refractivity contribution is -0.144. The summed E-state index contributed by atoms with van der Waals surface area (Å²) in [6.45, 7) is -0.863. The molecule has 1 aromatic rings. The van der Waals surface area contributed by atoms with E-state index in [0.29, 0.717) is 5.69 Å². The van der Waals surface area contributed by atoms with Crippen molar-refractivity contribution in [3.05, 3.63) is 18.2 Å². The molecule has 0 spiro atoms. The van der Waals surface area contributed by atoms with E-state index in [1.54, 1.807) is 0 Å². The first-order valence-corrected chi connectivity index (χ1v) is 9.98. The minimum absolute atomic E-state index is 0.0612. The number of aliphatic hydroxyl groups excluding tert-OH is 1. The highest BCUT2D eigenvalue weighted by atomic mass is 16.4. The van der Waals surface area contributed by atoms with E-state index in [9.17, 15) is 33.9 Å². The van der Waals surface area contributed by atoms with Crippen LogP contribution in [0.5, 0.6) is 0 Å².